The number of nitrogens with zero attached hydrogens (tertiary/aromatic N) is 3. The Bertz CT molecular complexity index is 1300. The number of pyridine rings is 1. The Balaban J connectivity index is 1.38. The highest BCUT2D eigenvalue weighted by Gasteiger charge is 2.24. The van der Waals surface area contributed by atoms with E-state index in [-0.39, 0.29) is 5.91 Å². The number of carbonyl (C=O) groups is 1. The maximum absolute atomic E-state index is 13.4. The molecule has 5 rings (SSSR count). The van der Waals surface area contributed by atoms with E-state index in [4.69, 9.17) is 11.6 Å². The third-order valence-electron chi connectivity index (χ3n) is 6.15. The number of rotatable bonds is 4. The lowest BCUT2D eigenvalue weighted by molar-refractivity contribution is 0.0748. The monoisotopic (exact) mass is 456 g/mol. The molecule has 2 heterocycles. The van der Waals surface area contributed by atoms with E-state index in [1.165, 1.54) is 5.69 Å². The fraction of sp³-hybridized carbons (Fsp3) is 0.185. The van der Waals surface area contributed by atoms with Crippen LogP contribution in [0.4, 0.5) is 17.2 Å². The van der Waals surface area contributed by atoms with Gasteiger partial charge < -0.3 is 15.1 Å². The Kier molecular flexibility index (Phi) is 5.88. The fourth-order valence-electron chi connectivity index (χ4n) is 4.25. The van der Waals surface area contributed by atoms with E-state index >= 15 is 0 Å². The summed E-state index contributed by atoms with van der Waals surface area (Å²) in [5.74, 6) is 0.729. The fourth-order valence-corrected chi connectivity index (χ4v) is 4.43. The zero-order chi connectivity index (χ0) is 22.8. The number of anilines is 3. The molecule has 0 bridgehead atoms. The molecule has 5 nitrogen and oxygen atoms in total. The molecule has 1 amide bonds. The van der Waals surface area contributed by atoms with E-state index in [1.807, 2.05) is 72.5 Å². The molecule has 0 aliphatic carbocycles. The van der Waals surface area contributed by atoms with Gasteiger partial charge in [0.1, 0.15) is 5.82 Å². The van der Waals surface area contributed by atoms with E-state index in [1.54, 1.807) is 6.20 Å². The summed E-state index contributed by atoms with van der Waals surface area (Å²) in [5.41, 5.74) is 3.71. The molecule has 0 saturated carbocycles. The van der Waals surface area contributed by atoms with E-state index in [0.717, 1.165) is 35.1 Å². The lowest BCUT2D eigenvalue weighted by Crippen LogP contribution is -2.48. The SMILES string of the molecule is Cc1ccc(Nc2ncc(C(=O)N3CCN(c4ccccc4)CC3)c3ccccc23)cc1Cl. The molecule has 1 fully saturated rings. The van der Waals surface area contributed by atoms with Crippen molar-refractivity contribution in [2.45, 2.75) is 6.92 Å². The average Bonchev–Trinajstić information content (AvgIpc) is 2.87. The molecule has 1 saturated heterocycles. The summed E-state index contributed by atoms with van der Waals surface area (Å²) in [5, 5.41) is 5.86. The highest BCUT2D eigenvalue weighted by atomic mass is 35.5. The summed E-state index contributed by atoms with van der Waals surface area (Å²) < 4.78 is 0. The molecule has 1 aliphatic heterocycles. The van der Waals surface area contributed by atoms with Crippen molar-refractivity contribution in [1.29, 1.82) is 0 Å². The van der Waals surface area contributed by atoms with Gasteiger partial charge in [-0.25, -0.2) is 4.98 Å². The van der Waals surface area contributed by atoms with Crippen LogP contribution in [0.3, 0.4) is 0 Å². The first-order chi connectivity index (χ1) is 16.1. The van der Waals surface area contributed by atoms with Crippen molar-refractivity contribution in [3.8, 4) is 0 Å². The Morgan fingerprint density at radius 2 is 1.61 bits per heavy atom. The molecule has 1 N–H and O–H groups in total. The van der Waals surface area contributed by atoms with E-state index in [2.05, 4.69) is 27.3 Å². The highest BCUT2D eigenvalue weighted by molar-refractivity contribution is 6.31. The van der Waals surface area contributed by atoms with Crippen molar-refractivity contribution >= 4 is 45.5 Å². The molecule has 1 aliphatic rings. The number of aromatic nitrogens is 1. The van der Waals surface area contributed by atoms with Crippen LogP contribution in [-0.2, 0) is 0 Å². The van der Waals surface area contributed by atoms with Gasteiger partial charge in [0.25, 0.3) is 5.91 Å². The smallest absolute Gasteiger partial charge is 0.256 e. The van der Waals surface area contributed by atoms with Crippen molar-refractivity contribution in [2.75, 3.05) is 36.4 Å². The number of piperazine rings is 1. The number of hydrogen-bond donors (Lipinski definition) is 1. The molecule has 0 atom stereocenters. The van der Waals surface area contributed by atoms with Crippen LogP contribution in [0.25, 0.3) is 10.8 Å². The largest absolute Gasteiger partial charge is 0.368 e. The molecular formula is C27H25ClN4O. The molecule has 6 heteroatoms. The van der Waals surface area contributed by atoms with Crippen LogP contribution in [0, 0.1) is 6.92 Å². The molecule has 4 aromatic rings. The lowest BCUT2D eigenvalue weighted by Gasteiger charge is -2.36. The van der Waals surface area contributed by atoms with Crippen LogP contribution < -0.4 is 10.2 Å². The van der Waals surface area contributed by atoms with Gasteiger partial charge in [-0.15, -0.1) is 0 Å². The van der Waals surface area contributed by atoms with Crippen LogP contribution in [0.2, 0.25) is 5.02 Å². The molecule has 0 spiro atoms. The number of nitrogens with one attached hydrogen (secondary N) is 1. The maximum atomic E-state index is 13.4. The third-order valence-corrected chi connectivity index (χ3v) is 6.56. The third kappa shape index (κ3) is 4.37. The van der Waals surface area contributed by atoms with Gasteiger partial charge in [0.2, 0.25) is 0 Å². The average molecular weight is 457 g/mol. The number of hydrogen-bond acceptors (Lipinski definition) is 4. The van der Waals surface area contributed by atoms with E-state index in [9.17, 15) is 4.79 Å². The van der Waals surface area contributed by atoms with Crippen LogP contribution in [0.15, 0.2) is 79.0 Å². The zero-order valence-corrected chi connectivity index (χ0v) is 19.2. The number of amides is 1. The van der Waals surface area contributed by atoms with Gasteiger partial charge in [0, 0.05) is 54.2 Å². The summed E-state index contributed by atoms with van der Waals surface area (Å²) in [6, 6.07) is 24.1. The highest BCUT2D eigenvalue weighted by Crippen LogP contribution is 2.29. The van der Waals surface area contributed by atoms with Crippen LogP contribution in [0.1, 0.15) is 15.9 Å². The number of benzene rings is 3. The van der Waals surface area contributed by atoms with Crippen molar-refractivity contribution in [2.24, 2.45) is 0 Å². The van der Waals surface area contributed by atoms with E-state index in [0.29, 0.717) is 29.5 Å². The zero-order valence-electron chi connectivity index (χ0n) is 18.5. The molecule has 3 aromatic carbocycles. The Hall–Kier alpha value is -3.57. The predicted molar refractivity (Wildman–Crippen MR) is 136 cm³/mol. The number of aryl methyl sites for hydroxylation is 1. The summed E-state index contributed by atoms with van der Waals surface area (Å²) in [7, 11) is 0. The first-order valence-electron chi connectivity index (χ1n) is 11.1. The normalized spacial score (nSPS) is 13.9. The maximum Gasteiger partial charge on any atom is 0.256 e. The van der Waals surface area contributed by atoms with E-state index < -0.39 is 0 Å². The second kappa shape index (κ2) is 9.12. The molecular weight excluding hydrogens is 432 g/mol. The van der Waals surface area contributed by atoms with Gasteiger partial charge in [-0.05, 0) is 42.1 Å². The summed E-state index contributed by atoms with van der Waals surface area (Å²) in [4.78, 5) is 22.3. The molecule has 33 heavy (non-hydrogen) atoms. The summed E-state index contributed by atoms with van der Waals surface area (Å²) >= 11 is 6.29. The van der Waals surface area contributed by atoms with Crippen LogP contribution >= 0.6 is 11.6 Å². The minimum Gasteiger partial charge on any atom is -0.368 e. The number of halogens is 1. The number of carbonyl (C=O) groups excluding carboxylic acids is 1. The molecule has 166 valence electrons. The quantitative estimate of drug-likeness (QED) is 0.415. The van der Waals surface area contributed by atoms with Crippen molar-refractivity contribution in [3.05, 3.63) is 95.1 Å². The Labute approximate surface area is 198 Å². The molecule has 0 radical (unpaired) electrons. The van der Waals surface area contributed by atoms with Crippen molar-refractivity contribution in [3.63, 3.8) is 0 Å². The van der Waals surface area contributed by atoms with Gasteiger partial charge in [0.05, 0.1) is 5.56 Å². The van der Waals surface area contributed by atoms with Gasteiger partial charge >= 0.3 is 0 Å². The number of para-hydroxylation sites is 1. The van der Waals surface area contributed by atoms with Gasteiger partial charge in [-0.2, -0.15) is 0 Å². The Morgan fingerprint density at radius 3 is 2.33 bits per heavy atom. The second-order valence-electron chi connectivity index (χ2n) is 8.27. The van der Waals surface area contributed by atoms with Crippen LogP contribution in [0.5, 0.6) is 0 Å². The van der Waals surface area contributed by atoms with Gasteiger partial charge in [0.15, 0.2) is 0 Å². The number of fused-ring (bicyclic) bond motifs is 1. The molecule has 1 aromatic heterocycles. The lowest BCUT2D eigenvalue weighted by atomic mass is 10.1. The van der Waals surface area contributed by atoms with Gasteiger partial charge in [-0.3, -0.25) is 4.79 Å². The summed E-state index contributed by atoms with van der Waals surface area (Å²) in [6.45, 7) is 4.97. The summed E-state index contributed by atoms with van der Waals surface area (Å²) in [6.07, 6.45) is 1.69. The Morgan fingerprint density at radius 1 is 0.909 bits per heavy atom. The topological polar surface area (TPSA) is 48.5 Å². The van der Waals surface area contributed by atoms with Crippen molar-refractivity contribution < 1.29 is 4.79 Å². The first kappa shape index (κ1) is 21.3. The van der Waals surface area contributed by atoms with Crippen molar-refractivity contribution in [1.82, 2.24) is 9.88 Å². The standard InChI is InChI=1S/C27H25ClN4O/c1-19-11-12-20(17-25(19)28)30-26-23-10-6-5-9-22(23)24(18-29-26)27(33)32-15-13-31(14-16-32)21-7-3-2-4-8-21/h2-12,17-18H,13-16H2,1H3,(H,29,30). The predicted octanol–water partition coefficient (Wildman–Crippen LogP) is 5.90. The first-order valence-corrected chi connectivity index (χ1v) is 11.5. The second-order valence-corrected chi connectivity index (χ2v) is 8.68. The molecule has 0 unspecified atom stereocenters. The van der Waals surface area contributed by atoms with Gasteiger partial charge in [-0.1, -0.05) is 60.1 Å². The van der Waals surface area contributed by atoms with Crippen LogP contribution in [-0.4, -0.2) is 42.0 Å². The minimum atomic E-state index is 0.0244. The minimum absolute atomic E-state index is 0.0244.